The number of benzene rings is 1. The largest absolute Gasteiger partial charge is 0.496 e. The molecule has 0 fully saturated rings. The van der Waals surface area contributed by atoms with Crippen LogP contribution in [0.1, 0.15) is 31.4 Å². The monoisotopic (exact) mass is 221 g/mol. The van der Waals surface area contributed by atoms with Gasteiger partial charge in [0.25, 0.3) is 0 Å². The van der Waals surface area contributed by atoms with Crippen molar-refractivity contribution in [2.75, 3.05) is 13.7 Å². The van der Waals surface area contributed by atoms with E-state index in [-0.39, 0.29) is 0 Å². The van der Waals surface area contributed by atoms with Crippen molar-refractivity contribution in [3.8, 4) is 5.75 Å². The number of hydrogen-bond donors (Lipinski definition) is 1. The topological polar surface area (TPSA) is 21.3 Å². The zero-order valence-corrected chi connectivity index (χ0v) is 10.8. The Morgan fingerprint density at radius 1 is 1.38 bits per heavy atom. The summed E-state index contributed by atoms with van der Waals surface area (Å²) in [6.45, 7) is 7.52. The molecule has 1 unspecified atom stereocenters. The Hall–Kier alpha value is -1.02. The number of aryl methyl sites for hydroxylation is 2. The Bertz CT molecular complexity index is 323. The zero-order chi connectivity index (χ0) is 12.0. The molecule has 2 heteroatoms. The maximum atomic E-state index is 5.25. The lowest BCUT2D eigenvalue weighted by molar-refractivity contribution is 0.411. The highest BCUT2D eigenvalue weighted by molar-refractivity contribution is 5.36. The van der Waals surface area contributed by atoms with Gasteiger partial charge in [-0.3, -0.25) is 0 Å². The molecule has 1 aromatic rings. The number of nitrogens with one attached hydrogen (secondary N) is 1. The fraction of sp³-hybridized carbons (Fsp3) is 0.571. The second-order valence-electron chi connectivity index (χ2n) is 4.30. The van der Waals surface area contributed by atoms with Crippen LogP contribution in [0.4, 0.5) is 0 Å². The van der Waals surface area contributed by atoms with Gasteiger partial charge in [-0.05, 0) is 50.4 Å². The summed E-state index contributed by atoms with van der Waals surface area (Å²) in [6, 6.07) is 7.03. The summed E-state index contributed by atoms with van der Waals surface area (Å²) in [4.78, 5) is 0. The van der Waals surface area contributed by atoms with Crippen LogP contribution in [0.2, 0.25) is 0 Å². The lowest BCUT2D eigenvalue weighted by Gasteiger charge is -2.12. The van der Waals surface area contributed by atoms with Gasteiger partial charge in [-0.2, -0.15) is 0 Å². The van der Waals surface area contributed by atoms with Crippen LogP contribution >= 0.6 is 0 Å². The Labute approximate surface area is 99.0 Å². The highest BCUT2D eigenvalue weighted by Gasteiger charge is 2.03. The Kier molecular flexibility index (Phi) is 5.33. The Morgan fingerprint density at radius 2 is 2.12 bits per heavy atom. The van der Waals surface area contributed by atoms with Gasteiger partial charge in [0.15, 0.2) is 0 Å². The molecular weight excluding hydrogens is 198 g/mol. The van der Waals surface area contributed by atoms with Crippen LogP contribution in [0.3, 0.4) is 0 Å². The first-order valence-electron chi connectivity index (χ1n) is 6.04. The average Bonchev–Trinajstić information content (AvgIpc) is 2.27. The first kappa shape index (κ1) is 13.0. The van der Waals surface area contributed by atoms with Crippen molar-refractivity contribution >= 4 is 0 Å². The molecule has 0 heterocycles. The van der Waals surface area contributed by atoms with Gasteiger partial charge in [-0.1, -0.05) is 19.1 Å². The quantitative estimate of drug-likeness (QED) is 0.797. The van der Waals surface area contributed by atoms with Crippen molar-refractivity contribution in [3.05, 3.63) is 29.3 Å². The van der Waals surface area contributed by atoms with Crippen LogP contribution in [0.5, 0.6) is 5.75 Å². The minimum absolute atomic E-state index is 0.590. The van der Waals surface area contributed by atoms with Crippen molar-refractivity contribution in [3.63, 3.8) is 0 Å². The predicted octanol–water partition coefficient (Wildman–Crippen LogP) is 2.93. The third kappa shape index (κ3) is 3.86. The van der Waals surface area contributed by atoms with Gasteiger partial charge in [0.2, 0.25) is 0 Å². The first-order valence-corrected chi connectivity index (χ1v) is 6.04. The average molecular weight is 221 g/mol. The van der Waals surface area contributed by atoms with Crippen molar-refractivity contribution in [1.82, 2.24) is 5.32 Å². The summed E-state index contributed by atoms with van der Waals surface area (Å²) in [5.74, 6) is 0.975. The van der Waals surface area contributed by atoms with E-state index in [0.29, 0.717) is 6.04 Å². The SMILES string of the molecule is CCNC(C)CCc1ccc(OC)c(C)c1. The second kappa shape index (κ2) is 6.54. The highest BCUT2D eigenvalue weighted by Crippen LogP contribution is 2.19. The third-order valence-electron chi connectivity index (χ3n) is 2.88. The van der Waals surface area contributed by atoms with Crippen molar-refractivity contribution in [2.24, 2.45) is 0 Å². The van der Waals surface area contributed by atoms with Gasteiger partial charge in [0, 0.05) is 6.04 Å². The normalized spacial score (nSPS) is 12.5. The zero-order valence-electron chi connectivity index (χ0n) is 10.8. The van der Waals surface area contributed by atoms with Crippen molar-refractivity contribution in [1.29, 1.82) is 0 Å². The molecule has 1 aromatic carbocycles. The molecule has 1 atom stereocenters. The fourth-order valence-corrected chi connectivity index (χ4v) is 1.93. The van der Waals surface area contributed by atoms with Gasteiger partial charge in [-0.25, -0.2) is 0 Å². The Balaban J connectivity index is 2.51. The van der Waals surface area contributed by atoms with Crippen molar-refractivity contribution in [2.45, 2.75) is 39.7 Å². The first-order chi connectivity index (χ1) is 7.67. The summed E-state index contributed by atoms with van der Waals surface area (Å²) in [5.41, 5.74) is 2.61. The molecule has 0 aromatic heterocycles. The van der Waals surface area contributed by atoms with E-state index in [0.717, 1.165) is 18.7 Å². The summed E-state index contributed by atoms with van der Waals surface area (Å²) >= 11 is 0. The standard InChI is InChI=1S/C14H23NO/c1-5-15-12(3)6-7-13-8-9-14(16-4)11(2)10-13/h8-10,12,15H,5-7H2,1-4H3. The molecule has 2 nitrogen and oxygen atoms in total. The minimum atomic E-state index is 0.590. The van der Waals surface area contributed by atoms with Crippen LogP contribution in [0, 0.1) is 6.92 Å². The molecular formula is C14H23NO. The second-order valence-corrected chi connectivity index (χ2v) is 4.30. The van der Waals surface area contributed by atoms with E-state index in [1.807, 2.05) is 0 Å². The summed E-state index contributed by atoms with van der Waals surface area (Å²) in [6.07, 6.45) is 2.30. The molecule has 1 N–H and O–H groups in total. The van der Waals surface area contributed by atoms with Gasteiger partial charge in [-0.15, -0.1) is 0 Å². The molecule has 0 saturated heterocycles. The molecule has 0 spiro atoms. The van der Waals surface area contributed by atoms with Gasteiger partial charge >= 0.3 is 0 Å². The van der Waals surface area contributed by atoms with Crippen molar-refractivity contribution < 1.29 is 4.74 Å². The molecule has 1 rings (SSSR count). The van der Waals surface area contributed by atoms with Gasteiger partial charge in [0.1, 0.15) is 5.75 Å². The molecule has 0 aliphatic heterocycles. The summed E-state index contributed by atoms with van der Waals surface area (Å²) in [7, 11) is 1.72. The van der Waals surface area contributed by atoms with Crippen LogP contribution in [0.25, 0.3) is 0 Å². The van der Waals surface area contributed by atoms with E-state index >= 15 is 0 Å². The van der Waals surface area contributed by atoms with Crippen LogP contribution in [-0.2, 0) is 6.42 Å². The van der Waals surface area contributed by atoms with E-state index in [4.69, 9.17) is 4.74 Å². The van der Waals surface area contributed by atoms with E-state index in [1.165, 1.54) is 17.5 Å². The molecule has 16 heavy (non-hydrogen) atoms. The van der Waals surface area contributed by atoms with Crippen LogP contribution in [-0.4, -0.2) is 19.7 Å². The predicted molar refractivity (Wildman–Crippen MR) is 69.2 cm³/mol. The van der Waals surface area contributed by atoms with E-state index < -0.39 is 0 Å². The molecule has 0 bridgehead atoms. The number of methoxy groups -OCH3 is 1. The number of ether oxygens (including phenoxy) is 1. The lowest BCUT2D eigenvalue weighted by Crippen LogP contribution is -2.25. The van der Waals surface area contributed by atoms with Crippen LogP contribution < -0.4 is 10.1 Å². The lowest BCUT2D eigenvalue weighted by atomic mass is 10.0. The number of rotatable bonds is 6. The summed E-state index contributed by atoms with van der Waals surface area (Å²) < 4.78 is 5.25. The third-order valence-corrected chi connectivity index (χ3v) is 2.88. The summed E-state index contributed by atoms with van der Waals surface area (Å²) in [5, 5.41) is 3.43. The molecule has 0 saturated carbocycles. The smallest absolute Gasteiger partial charge is 0.121 e. The minimum Gasteiger partial charge on any atom is -0.496 e. The van der Waals surface area contributed by atoms with E-state index in [1.54, 1.807) is 7.11 Å². The molecule has 0 aliphatic carbocycles. The van der Waals surface area contributed by atoms with Gasteiger partial charge < -0.3 is 10.1 Å². The van der Waals surface area contributed by atoms with E-state index in [2.05, 4.69) is 44.3 Å². The maximum Gasteiger partial charge on any atom is 0.121 e. The van der Waals surface area contributed by atoms with Gasteiger partial charge in [0.05, 0.1) is 7.11 Å². The molecule has 90 valence electrons. The molecule has 0 radical (unpaired) electrons. The Morgan fingerprint density at radius 3 is 2.69 bits per heavy atom. The fourth-order valence-electron chi connectivity index (χ4n) is 1.93. The van der Waals surface area contributed by atoms with Crippen LogP contribution in [0.15, 0.2) is 18.2 Å². The number of hydrogen-bond acceptors (Lipinski definition) is 2. The highest BCUT2D eigenvalue weighted by atomic mass is 16.5. The molecule has 0 amide bonds. The van der Waals surface area contributed by atoms with E-state index in [9.17, 15) is 0 Å². The maximum absolute atomic E-state index is 5.25. The molecule has 0 aliphatic rings.